The highest BCUT2D eigenvalue weighted by Gasteiger charge is 2.27. The van der Waals surface area contributed by atoms with E-state index in [-0.39, 0.29) is 18.1 Å². The minimum absolute atomic E-state index is 0.0901. The van der Waals surface area contributed by atoms with Crippen LogP contribution in [0.15, 0.2) is 16.3 Å². The van der Waals surface area contributed by atoms with E-state index < -0.39 is 0 Å². The molecule has 88 valence electrons. The number of rotatable bonds is 1. The molecule has 1 aliphatic rings. The number of carbonyl (C=O) groups is 1. The van der Waals surface area contributed by atoms with E-state index in [2.05, 4.69) is 12.6 Å². The Hall–Kier alpha value is -0.520. The number of ether oxygens (including phenoxy) is 1. The van der Waals surface area contributed by atoms with Crippen molar-refractivity contribution in [3.05, 3.63) is 16.3 Å². The summed E-state index contributed by atoms with van der Waals surface area (Å²) >= 11 is 5.66. The van der Waals surface area contributed by atoms with Crippen LogP contribution in [0.1, 0.15) is 23.5 Å². The van der Waals surface area contributed by atoms with Crippen LogP contribution in [-0.2, 0) is 4.74 Å². The Kier molecular flexibility index (Phi) is 3.56. The molecule has 0 spiro atoms. The summed E-state index contributed by atoms with van der Waals surface area (Å²) in [6.07, 6.45) is 0.228. The number of carbonyl (C=O) groups excluding carboxylic acids is 1. The maximum absolute atomic E-state index is 12.2. The Morgan fingerprint density at radius 1 is 1.50 bits per heavy atom. The van der Waals surface area contributed by atoms with E-state index in [1.807, 2.05) is 30.2 Å². The van der Waals surface area contributed by atoms with Crippen molar-refractivity contribution in [3.8, 4) is 0 Å². The highest BCUT2D eigenvalue weighted by atomic mass is 32.1. The summed E-state index contributed by atoms with van der Waals surface area (Å²) in [4.78, 5) is 15.6. The zero-order valence-electron chi connectivity index (χ0n) is 9.34. The summed E-state index contributed by atoms with van der Waals surface area (Å²) < 4.78 is 5.60. The van der Waals surface area contributed by atoms with Crippen LogP contribution in [0.5, 0.6) is 0 Å². The van der Waals surface area contributed by atoms with E-state index in [1.54, 1.807) is 0 Å². The molecule has 0 bridgehead atoms. The van der Waals surface area contributed by atoms with Crippen molar-refractivity contribution in [1.29, 1.82) is 0 Å². The molecule has 1 aromatic heterocycles. The standard InChI is InChI=1S/C11H15NO2S2/c1-7-4-12(5-8(2)14-7)11(13)10-3-9(15)6-16-10/h3,6-8,15H,4-5H2,1-2H3. The van der Waals surface area contributed by atoms with E-state index >= 15 is 0 Å². The molecule has 16 heavy (non-hydrogen) atoms. The second kappa shape index (κ2) is 4.77. The molecular formula is C11H15NO2S2. The Morgan fingerprint density at radius 3 is 2.62 bits per heavy atom. The SMILES string of the molecule is CC1CN(C(=O)c2cc(S)cs2)CC(C)O1. The van der Waals surface area contributed by atoms with Gasteiger partial charge in [-0.25, -0.2) is 0 Å². The first-order chi connectivity index (χ1) is 7.56. The van der Waals surface area contributed by atoms with Crippen LogP contribution in [0.25, 0.3) is 0 Å². The fraction of sp³-hybridized carbons (Fsp3) is 0.545. The maximum atomic E-state index is 12.2. The van der Waals surface area contributed by atoms with Crippen LogP contribution in [0, 0.1) is 0 Å². The molecule has 1 saturated heterocycles. The van der Waals surface area contributed by atoms with Crippen LogP contribution >= 0.6 is 24.0 Å². The van der Waals surface area contributed by atoms with Gasteiger partial charge in [-0.05, 0) is 19.9 Å². The molecule has 3 nitrogen and oxygen atoms in total. The van der Waals surface area contributed by atoms with Gasteiger partial charge in [-0.15, -0.1) is 24.0 Å². The lowest BCUT2D eigenvalue weighted by atomic mass is 10.2. The molecule has 2 unspecified atom stereocenters. The Balaban J connectivity index is 2.09. The summed E-state index contributed by atoms with van der Waals surface area (Å²) in [5.41, 5.74) is 0. The highest BCUT2D eigenvalue weighted by molar-refractivity contribution is 7.80. The van der Waals surface area contributed by atoms with Crippen molar-refractivity contribution in [2.45, 2.75) is 31.0 Å². The van der Waals surface area contributed by atoms with Crippen molar-refractivity contribution >= 4 is 29.9 Å². The minimum Gasteiger partial charge on any atom is -0.372 e. The van der Waals surface area contributed by atoms with E-state index in [0.717, 1.165) is 9.77 Å². The van der Waals surface area contributed by atoms with Gasteiger partial charge in [0, 0.05) is 23.4 Å². The molecule has 0 N–H and O–H groups in total. The molecule has 0 saturated carbocycles. The highest BCUT2D eigenvalue weighted by Crippen LogP contribution is 2.21. The topological polar surface area (TPSA) is 29.5 Å². The predicted octanol–water partition coefficient (Wildman–Crippen LogP) is 2.29. The zero-order valence-corrected chi connectivity index (χ0v) is 11.1. The van der Waals surface area contributed by atoms with E-state index in [9.17, 15) is 4.79 Å². The molecule has 2 rings (SSSR count). The molecule has 2 atom stereocenters. The molecule has 1 aliphatic heterocycles. The number of amides is 1. The smallest absolute Gasteiger partial charge is 0.264 e. The average Bonchev–Trinajstić information content (AvgIpc) is 2.62. The summed E-state index contributed by atoms with van der Waals surface area (Å²) in [6, 6.07) is 1.82. The molecule has 0 aromatic carbocycles. The number of hydrogen-bond donors (Lipinski definition) is 1. The van der Waals surface area contributed by atoms with E-state index in [4.69, 9.17) is 4.74 Å². The van der Waals surface area contributed by atoms with E-state index in [1.165, 1.54) is 11.3 Å². The van der Waals surface area contributed by atoms with Crippen molar-refractivity contribution in [2.75, 3.05) is 13.1 Å². The van der Waals surface area contributed by atoms with Gasteiger partial charge in [-0.1, -0.05) is 0 Å². The third kappa shape index (κ3) is 2.59. The molecule has 1 fully saturated rings. The molecule has 1 amide bonds. The zero-order chi connectivity index (χ0) is 11.7. The van der Waals surface area contributed by atoms with Gasteiger partial charge in [-0.2, -0.15) is 0 Å². The lowest BCUT2D eigenvalue weighted by Gasteiger charge is -2.35. The third-order valence-electron chi connectivity index (χ3n) is 2.50. The van der Waals surface area contributed by atoms with Crippen molar-refractivity contribution < 1.29 is 9.53 Å². The monoisotopic (exact) mass is 257 g/mol. The van der Waals surface area contributed by atoms with Crippen LogP contribution in [0.4, 0.5) is 0 Å². The first-order valence-electron chi connectivity index (χ1n) is 5.28. The van der Waals surface area contributed by atoms with Crippen LogP contribution in [-0.4, -0.2) is 36.1 Å². The molecule has 2 heterocycles. The van der Waals surface area contributed by atoms with Crippen molar-refractivity contribution in [3.63, 3.8) is 0 Å². The summed E-state index contributed by atoms with van der Waals surface area (Å²) in [7, 11) is 0. The minimum atomic E-state index is 0.0901. The van der Waals surface area contributed by atoms with Crippen molar-refractivity contribution in [2.24, 2.45) is 0 Å². The second-order valence-electron chi connectivity index (χ2n) is 4.14. The van der Waals surface area contributed by atoms with Gasteiger partial charge in [-0.3, -0.25) is 4.79 Å². The number of nitrogens with zero attached hydrogens (tertiary/aromatic N) is 1. The second-order valence-corrected chi connectivity index (χ2v) is 5.56. The Labute approximate surface area is 105 Å². The van der Waals surface area contributed by atoms with Gasteiger partial charge in [0.25, 0.3) is 5.91 Å². The number of thiol groups is 1. The third-order valence-corrected chi connectivity index (χ3v) is 3.85. The fourth-order valence-electron chi connectivity index (χ4n) is 1.94. The number of hydrogen-bond acceptors (Lipinski definition) is 4. The number of morpholine rings is 1. The normalized spacial score (nSPS) is 25.8. The van der Waals surface area contributed by atoms with Gasteiger partial charge in [0.05, 0.1) is 17.1 Å². The summed E-state index contributed by atoms with van der Waals surface area (Å²) in [6.45, 7) is 5.33. The fourth-order valence-corrected chi connectivity index (χ4v) is 3.05. The van der Waals surface area contributed by atoms with Crippen LogP contribution in [0.3, 0.4) is 0 Å². The van der Waals surface area contributed by atoms with Gasteiger partial charge >= 0.3 is 0 Å². The quantitative estimate of drug-likeness (QED) is 0.782. The summed E-state index contributed by atoms with van der Waals surface area (Å²) in [5, 5.41) is 1.88. The van der Waals surface area contributed by atoms with E-state index in [0.29, 0.717) is 13.1 Å². The number of thiophene rings is 1. The van der Waals surface area contributed by atoms with Gasteiger partial charge in [0.1, 0.15) is 0 Å². The Morgan fingerprint density at radius 2 is 2.12 bits per heavy atom. The molecule has 1 aromatic rings. The molecule has 5 heteroatoms. The van der Waals surface area contributed by atoms with Gasteiger partial charge < -0.3 is 9.64 Å². The lowest BCUT2D eigenvalue weighted by molar-refractivity contribution is -0.0585. The molecule has 0 radical (unpaired) electrons. The average molecular weight is 257 g/mol. The van der Waals surface area contributed by atoms with Gasteiger partial charge in [0.2, 0.25) is 0 Å². The van der Waals surface area contributed by atoms with Crippen molar-refractivity contribution in [1.82, 2.24) is 4.90 Å². The van der Waals surface area contributed by atoms with Crippen LogP contribution < -0.4 is 0 Å². The Bertz CT molecular complexity index is 381. The molecular weight excluding hydrogens is 242 g/mol. The largest absolute Gasteiger partial charge is 0.372 e. The lowest BCUT2D eigenvalue weighted by Crippen LogP contribution is -2.48. The first kappa shape index (κ1) is 12.0. The van der Waals surface area contributed by atoms with Crippen LogP contribution in [0.2, 0.25) is 0 Å². The predicted molar refractivity (Wildman–Crippen MR) is 67.5 cm³/mol. The maximum Gasteiger partial charge on any atom is 0.264 e. The molecule has 0 aliphatic carbocycles. The first-order valence-corrected chi connectivity index (χ1v) is 6.61. The van der Waals surface area contributed by atoms with Gasteiger partial charge in [0.15, 0.2) is 0 Å². The summed E-state index contributed by atoms with van der Waals surface area (Å²) in [5.74, 6) is 0.0901.